The molecule has 1 heterocycles. The minimum Gasteiger partial charge on any atom is -0.317 e. The molecular weight excluding hydrogens is 182 g/mol. The lowest BCUT2D eigenvalue weighted by molar-refractivity contribution is 0.857. The van der Waals surface area contributed by atoms with Gasteiger partial charge in [0.25, 0.3) is 0 Å². The Labute approximate surface area is 93.2 Å². The molecule has 0 radical (unpaired) electrons. The van der Waals surface area contributed by atoms with Gasteiger partial charge in [-0.1, -0.05) is 43.8 Å². The van der Waals surface area contributed by atoms with Gasteiger partial charge >= 0.3 is 0 Å². The maximum absolute atomic E-state index is 3.74. The second-order valence-electron chi connectivity index (χ2n) is 3.71. The molecule has 2 rings (SSSR count). The van der Waals surface area contributed by atoms with E-state index in [0.29, 0.717) is 0 Å². The first-order valence-corrected chi connectivity index (χ1v) is 5.79. The fourth-order valence-corrected chi connectivity index (χ4v) is 1.68. The van der Waals surface area contributed by atoms with Gasteiger partial charge in [-0.15, -0.1) is 0 Å². The van der Waals surface area contributed by atoms with Crippen LogP contribution in [-0.2, 0) is 6.42 Å². The first-order valence-electron chi connectivity index (χ1n) is 5.79. The van der Waals surface area contributed by atoms with E-state index in [1.165, 1.54) is 37.1 Å². The van der Waals surface area contributed by atoms with Crippen molar-refractivity contribution in [1.29, 1.82) is 0 Å². The Kier molecular flexibility index (Phi) is 5.79. The van der Waals surface area contributed by atoms with E-state index in [9.17, 15) is 0 Å². The minimum atomic E-state index is 1.09. The largest absolute Gasteiger partial charge is 0.317 e. The standard InChI is InChI=1S/C10H12.C4H9N/c1-3-9-7-5-6-8-10(9)4-2;1-2-4-5-3-1/h3,5-8H,1,4H2,2H3;5H,1-4H2. The van der Waals surface area contributed by atoms with Crippen molar-refractivity contribution in [2.75, 3.05) is 13.1 Å². The third-order valence-corrected chi connectivity index (χ3v) is 2.61. The molecule has 82 valence electrons. The monoisotopic (exact) mass is 203 g/mol. The summed E-state index contributed by atoms with van der Waals surface area (Å²) in [5, 5.41) is 3.22. The summed E-state index contributed by atoms with van der Waals surface area (Å²) in [6.07, 6.45) is 5.76. The van der Waals surface area contributed by atoms with E-state index in [4.69, 9.17) is 0 Å². The van der Waals surface area contributed by atoms with Crippen LogP contribution in [0.3, 0.4) is 0 Å². The van der Waals surface area contributed by atoms with Gasteiger partial charge in [-0.2, -0.15) is 0 Å². The van der Waals surface area contributed by atoms with Crippen LogP contribution in [0, 0.1) is 0 Å². The number of hydrogen-bond donors (Lipinski definition) is 1. The molecule has 1 aromatic rings. The second-order valence-corrected chi connectivity index (χ2v) is 3.71. The third kappa shape index (κ3) is 4.30. The highest BCUT2D eigenvalue weighted by Crippen LogP contribution is 2.09. The lowest BCUT2D eigenvalue weighted by atomic mass is 10.1. The molecule has 0 bridgehead atoms. The van der Waals surface area contributed by atoms with Gasteiger partial charge in [-0.05, 0) is 43.5 Å². The molecule has 1 aliphatic heterocycles. The van der Waals surface area contributed by atoms with Gasteiger partial charge in [-0.3, -0.25) is 0 Å². The SMILES string of the molecule is C1CCNC1.C=Cc1ccccc1CC. The van der Waals surface area contributed by atoms with E-state index < -0.39 is 0 Å². The minimum absolute atomic E-state index is 1.09. The van der Waals surface area contributed by atoms with Crippen LogP contribution in [0.25, 0.3) is 6.08 Å². The highest BCUT2D eigenvalue weighted by molar-refractivity contribution is 5.51. The third-order valence-electron chi connectivity index (χ3n) is 2.61. The number of benzene rings is 1. The summed E-state index contributed by atoms with van der Waals surface area (Å²) in [6.45, 7) is 8.39. The molecule has 0 amide bonds. The Balaban J connectivity index is 0.000000187. The van der Waals surface area contributed by atoms with Crippen molar-refractivity contribution >= 4 is 6.08 Å². The van der Waals surface area contributed by atoms with Gasteiger partial charge in [0.1, 0.15) is 0 Å². The van der Waals surface area contributed by atoms with Crippen LogP contribution >= 0.6 is 0 Å². The number of hydrogen-bond acceptors (Lipinski definition) is 1. The molecule has 1 saturated heterocycles. The molecule has 0 spiro atoms. The molecule has 1 aromatic carbocycles. The fraction of sp³-hybridized carbons (Fsp3) is 0.429. The highest BCUT2D eigenvalue weighted by Gasteiger charge is 1.93. The Hall–Kier alpha value is -1.08. The van der Waals surface area contributed by atoms with E-state index in [1.807, 2.05) is 12.1 Å². The molecular formula is C14H21N. The maximum Gasteiger partial charge on any atom is -0.00484 e. The molecule has 0 atom stereocenters. The Morgan fingerprint density at radius 3 is 2.33 bits per heavy atom. The molecule has 1 aliphatic rings. The lowest BCUT2D eigenvalue weighted by Gasteiger charge is -1.99. The van der Waals surface area contributed by atoms with Crippen LogP contribution in [0.15, 0.2) is 30.8 Å². The van der Waals surface area contributed by atoms with Crippen LogP contribution in [0.5, 0.6) is 0 Å². The van der Waals surface area contributed by atoms with Crippen LogP contribution in [0.4, 0.5) is 0 Å². The van der Waals surface area contributed by atoms with Crippen LogP contribution in [0.1, 0.15) is 30.9 Å². The Bertz CT molecular complexity index is 280. The van der Waals surface area contributed by atoms with Gasteiger partial charge in [0.05, 0.1) is 0 Å². The first kappa shape index (κ1) is 12.0. The molecule has 0 saturated carbocycles. The van der Waals surface area contributed by atoms with E-state index in [2.05, 4.69) is 37.0 Å². The van der Waals surface area contributed by atoms with Crippen LogP contribution in [0.2, 0.25) is 0 Å². The highest BCUT2D eigenvalue weighted by atomic mass is 14.9. The van der Waals surface area contributed by atoms with Crippen molar-refractivity contribution in [2.24, 2.45) is 0 Å². The summed E-state index contributed by atoms with van der Waals surface area (Å²) in [7, 11) is 0. The summed E-state index contributed by atoms with van der Waals surface area (Å²) in [5.74, 6) is 0. The van der Waals surface area contributed by atoms with Crippen molar-refractivity contribution < 1.29 is 0 Å². The Morgan fingerprint density at radius 1 is 1.27 bits per heavy atom. The molecule has 0 aromatic heterocycles. The summed E-state index contributed by atoms with van der Waals surface area (Å²) >= 11 is 0. The van der Waals surface area contributed by atoms with Gasteiger partial charge in [0.2, 0.25) is 0 Å². The molecule has 0 aliphatic carbocycles. The van der Waals surface area contributed by atoms with E-state index in [0.717, 1.165) is 6.42 Å². The molecule has 1 fully saturated rings. The first-order chi connectivity index (χ1) is 7.38. The number of rotatable bonds is 2. The lowest BCUT2D eigenvalue weighted by Crippen LogP contribution is -2.03. The van der Waals surface area contributed by atoms with E-state index >= 15 is 0 Å². The molecule has 1 heteroatoms. The molecule has 1 nitrogen and oxygen atoms in total. The zero-order valence-corrected chi connectivity index (χ0v) is 9.63. The zero-order valence-electron chi connectivity index (χ0n) is 9.63. The molecule has 1 N–H and O–H groups in total. The second kappa shape index (κ2) is 7.24. The predicted octanol–water partition coefficient (Wildman–Crippen LogP) is 3.26. The van der Waals surface area contributed by atoms with Crippen molar-refractivity contribution in [3.05, 3.63) is 42.0 Å². The van der Waals surface area contributed by atoms with Crippen LogP contribution in [-0.4, -0.2) is 13.1 Å². The Morgan fingerprint density at radius 2 is 1.93 bits per heavy atom. The zero-order chi connectivity index (χ0) is 10.9. The van der Waals surface area contributed by atoms with Gasteiger partial charge < -0.3 is 5.32 Å². The fourth-order valence-electron chi connectivity index (χ4n) is 1.68. The van der Waals surface area contributed by atoms with Gasteiger partial charge in [-0.25, -0.2) is 0 Å². The van der Waals surface area contributed by atoms with E-state index in [1.54, 1.807) is 0 Å². The smallest absolute Gasteiger partial charge is 0.00484 e. The average molecular weight is 203 g/mol. The molecule has 0 unspecified atom stereocenters. The van der Waals surface area contributed by atoms with Crippen LogP contribution < -0.4 is 5.32 Å². The summed E-state index contributed by atoms with van der Waals surface area (Å²) in [6, 6.07) is 8.32. The van der Waals surface area contributed by atoms with Crippen molar-refractivity contribution in [3.8, 4) is 0 Å². The van der Waals surface area contributed by atoms with Crippen molar-refractivity contribution in [1.82, 2.24) is 5.32 Å². The predicted molar refractivity (Wildman–Crippen MR) is 68.0 cm³/mol. The van der Waals surface area contributed by atoms with Crippen molar-refractivity contribution in [3.63, 3.8) is 0 Å². The van der Waals surface area contributed by atoms with E-state index in [-0.39, 0.29) is 0 Å². The topological polar surface area (TPSA) is 12.0 Å². The number of nitrogens with one attached hydrogen (secondary N) is 1. The van der Waals surface area contributed by atoms with Crippen molar-refractivity contribution in [2.45, 2.75) is 26.2 Å². The number of aryl methyl sites for hydroxylation is 1. The normalized spacial score (nSPS) is 14.2. The van der Waals surface area contributed by atoms with Gasteiger partial charge in [0.15, 0.2) is 0 Å². The quantitative estimate of drug-likeness (QED) is 0.778. The molecule has 15 heavy (non-hydrogen) atoms. The summed E-state index contributed by atoms with van der Waals surface area (Å²) in [5.41, 5.74) is 2.63. The van der Waals surface area contributed by atoms with Gasteiger partial charge in [0, 0.05) is 0 Å². The maximum atomic E-state index is 3.74. The summed E-state index contributed by atoms with van der Waals surface area (Å²) in [4.78, 5) is 0. The average Bonchev–Trinajstić information content (AvgIpc) is 2.87. The summed E-state index contributed by atoms with van der Waals surface area (Å²) < 4.78 is 0.